The van der Waals surface area contributed by atoms with Gasteiger partial charge in [0.2, 0.25) is 0 Å². The van der Waals surface area contributed by atoms with E-state index in [4.69, 9.17) is 10.6 Å². The van der Waals surface area contributed by atoms with E-state index in [1.807, 2.05) is 23.9 Å². The lowest BCUT2D eigenvalue weighted by Gasteiger charge is -2.33. The van der Waals surface area contributed by atoms with Gasteiger partial charge in [0.1, 0.15) is 5.75 Å². The topological polar surface area (TPSA) is 47.3 Å². The fourth-order valence-corrected chi connectivity index (χ4v) is 4.39. The van der Waals surface area contributed by atoms with Gasteiger partial charge in [0.15, 0.2) is 0 Å². The third kappa shape index (κ3) is 3.45. The lowest BCUT2D eigenvalue weighted by Crippen LogP contribution is -2.50. The van der Waals surface area contributed by atoms with E-state index in [0.717, 1.165) is 16.6 Å². The molecule has 0 spiro atoms. The molecule has 19 heavy (non-hydrogen) atoms. The van der Waals surface area contributed by atoms with Crippen molar-refractivity contribution in [1.29, 1.82) is 0 Å². The second kappa shape index (κ2) is 6.48. The molecule has 5 heteroatoms. The van der Waals surface area contributed by atoms with Crippen molar-refractivity contribution in [2.24, 2.45) is 5.84 Å². The number of hydrogen-bond donors (Lipinski definition) is 2. The van der Waals surface area contributed by atoms with Gasteiger partial charge in [-0.25, -0.2) is 0 Å². The summed E-state index contributed by atoms with van der Waals surface area (Å²) < 4.78 is 6.63. The first-order chi connectivity index (χ1) is 9.09. The number of nitrogens with one attached hydrogen (secondary N) is 1. The van der Waals surface area contributed by atoms with Crippen LogP contribution < -0.4 is 16.0 Å². The molecule has 1 fully saturated rings. The SMILES string of the molecule is COc1ccc(Br)c(CC(NN)C2(C)CCCS2)c1. The Hall–Kier alpha value is -0.230. The summed E-state index contributed by atoms with van der Waals surface area (Å²) >= 11 is 5.64. The Balaban J connectivity index is 2.18. The molecule has 2 atom stereocenters. The van der Waals surface area contributed by atoms with Crippen molar-refractivity contribution in [1.82, 2.24) is 5.43 Å². The quantitative estimate of drug-likeness (QED) is 0.636. The van der Waals surface area contributed by atoms with E-state index in [1.165, 1.54) is 24.2 Å². The van der Waals surface area contributed by atoms with E-state index in [-0.39, 0.29) is 10.8 Å². The van der Waals surface area contributed by atoms with Gasteiger partial charge < -0.3 is 4.74 Å². The largest absolute Gasteiger partial charge is 0.497 e. The third-order valence-corrected chi connectivity index (χ3v) is 6.28. The summed E-state index contributed by atoms with van der Waals surface area (Å²) in [6.07, 6.45) is 3.39. The molecular weight excluding hydrogens is 324 g/mol. The van der Waals surface area contributed by atoms with Crippen molar-refractivity contribution < 1.29 is 4.74 Å². The lowest BCUT2D eigenvalue weighted by atomic mass is 9.91. The summed E-state index contributed by atoms with van der Waals surface area (Å²) in [5, 5.41) is 0. The molecule has 3 nitrogen and oxygen atoms in total. The number of ether oxygens (including phenoxy) is 1. The van der Waals surface area contributed by atoms with Crippen LogP contribution in [0, 0.1) is 0 Å². The molecule has 1 aromatic carbocycles. The maximum absolute atomic E-state index is 5.80. The average Bonchev–Trinajstić information content (AvgIpc) is 2.85. The smallest absolute Gasteiger partial charge is 0.119 e. The number of thioether (sulfide) groups is 1. The maximum atomic E-state index is 5.80. The number of hydrazine groups is 1. The fraction of sp³-hybridized carbons (Fsp3) is 0.571. The van der Waals surface area contributed by atoms with Gasteiger partial charge in [-0.2, -0.15) is 11.8 Å². The number of hydrogen-bond acceptors (Lipinski definition) is 4. The Bertz CT molecular complexity index is 435. The Labute approximate surface area is 127 Å². The Kier molecular flexibility index (Phi) is 5.17. The second-order valence-corrected chi connectivity index (χ2v) is 7.63. The van der Waals surface area contributed by atoms with Crippen LogP contribution in [0.1, 0.15) is 25.3 Å². The second-order valence-electron chi connectivity index (χ2n) is 5.15. The molecule has 1 aliphatic rings. The molecule has 0 bridgehead atoms. The van der Waals surface area contributed by atoms with Crippen LogP contribution in [0.15, 0.2) is 22.7 Å². The van der Waals surface area contributed by atoms with Crippen LogP contribution >= 0.6 is 27.7 Å². The van der Waals surface area contributed by atoms with Gasteiger partial charge in [0.25, 0.3) is 0 Å². The van der Waals surface area contributed by atoms with Crippen LogP contribution in [0.25, 0.3) is 0 Å². The van der Waals surface area contributed by atoms with Crippen molar-refractivity contribution in [2.45, 2.75) is 37.0 Å². The summed E-state index contributed by atoms with van der Waals surface area (Å²) in [4.78, 5) is 0. The minimum Gasteiger partial charge on any atom is -0.497 e. The number of halogens is 1. The summed E-state index contributed by atoms with van der Waals surface area (Å²) in [7, 11) is 1.69. The first-order valence-electron chi connectivity index (χ1n) is 6.51. The minimum atomic E-state index is 0.220. The summed E-state index contributed by atoms with van der Waals surface area (Å²) in [6.45, 7) is 2.31. The van der Waals surface area contributed by atoms with Crippen LogP contribution in [0.4, 0.5) is 0 Å². The van der Waals surface area contributed by atoms with Crippen molar-refractivity contribution in [3.05, 3.63) is 28.2 Å². The summed E-state index contributed by atoms with van der Waals surface area (Å²) in [5.41, 5.74) is 4.25. The Morgan fingerprint density at radius 1 is 1.58 bits per heavy atom. The lowest BCUT2D eigenvalue weighted by molar-refractivity contribution is 0.400. The monoisotopic (exact) mass is 344 g/mol. The van der Waals surface area contributed by atoms with Gasteiger partial charge in [-0.05, 0) is 55.7 Å². The molecule has 0 aromatic heterocycles. The number of benzene rings is 1. The van der Waals surface area contributed by atoms with Gasteiger partial charge in [-0.1, -0.05) is 15.9 Å². The zero-order valence-electron chi connectivity index (χ0n) is 11.4. The molecule has 106 valence electrons. The van der Waals surface area contributed by atoms with Crippen LogP contribution in [-0.2, 0) is 6.42 Å². The van der Waals surface area contributed by atoms with Crippen LogP contribution in [0.3, 0.4) is 0 Å². The predicted octanol–water partition coefficient (Wildman–Crippen LogP) is 3.12. The predicted molar refractivity (Wildman–Crippen MR) is 85.6 cm³/mol. The molecular formula is C14H21BrN2OS. The molecule has 2 unspecified atom stereocenters. The first-order valence-corrected chi connectivity index (χ1v) is 8.29. The van der Waals surface area contributed by atoms with E-state index in [1.54, 1.807) is 7.11 Å². The van der Waals surface area contributed by atoms with Gasteiger partial charge >= 0.3 is 0 Å². The molecule has 1 aromatic rings. The highest BCUT2D eigenvalue weighted by atomic mass is 79.9. The highest BCUT2D eigenvalue weighted by molar-refractivity contribution is 9.10. The summed E-state index contributed by atoms with van der Waals surface area (Å²) in [5.74, 6) is 7.91. The molecule has 1 saturated heterocycles. The van der Waals surface area contributed by atoms with Crippen LogP contribution in [-0.4, -0.2) is 23.7 Å². The summed E-state index contributed by atoms with van der Waals surface area (Å²) in [6, 6.07) is 6.34. The van der Waals surface area contributed by atoms with Gasteiger partial charge in [0.05, 0.1) is 7.11 Å². The molecule has 1 aliphatic heterocycles. The highest BCUT2D eigenvalue weighted by Crippen LogP contribution is 2.41. The number of rotatable bonds is 5. The number of methoxy groups -OCH3 is 1. The van der Waals surface area contributed by atoms with Crippen LogP contribution in [0.5, 0.6) is 5.75 Å². The van der Waals surface area contributed by atoms with E-state index in [9.17, 15) is 0 Å². The molecule has 2 rings (SSSR count). The molecule has 0 saturated carbocycles. The fourth-order valence-electron chi connectivity index (χ4n) is 2.58. The van der Waals surface area contributed by atoms with Crippen molar-refractivity contribution in [3.8, 4) is 5.75 Å². The van der Waals surface area contributed by atoms with Crippen molar-refractivity contribution >= 4 is 27.7 Å². The average molecular weight is 345 g/mol. The zero-order chi connectivity index (χ0) is 13.9. The molecule has 0 amide bonds. The van der Waals surface area contributed by atoms with E-state index in [2.05, 4.69) is 34.3 Å². The van der Waals surface area contributed by atoms with Crippen molar-refractivity contribution in [3.63, 3.8) is 0 Å². The maximum Gasteiger partial charge on any atom is 0.119 e. The highest BCUT2D eigenvalue weighted by Gasteiger charge is 2.37. The number of nitrogens with two attached hydrogens (primary N) is 1. The Morgan fingerprint density at radius 2 is 2.37 bits per heavy atom. The molecule has 3 N–H and O–H groups in total. The molecule has 0 aliphatic carbocycles. The molecule has 1 heterocycles. The minimum absolute atomic E-state index is 0.220. The van der Waals surface area contributed by atoms with E-state index in [0.29, 0.717) is 0 Å². The van der Waals surface area contributed by atoms with Crippen LogP contribution in [0.2, 0.25) is 0 Å². The van der Waals surface area contributed by atoms with Gasteiger partial charge in [-0.15, -0.1) is 0 Å². The Morgan fingerprint density at radius 3 is 2.95 bits per heavy atom. The van der Waals surface area contributed by atoms with E-state index < -0.39 is 0 Å². The molecule has 0 radical (unpaired) electrons. The van der Waals surface area contributed by atoms with E-state index >= 15 is 0 Å². The zero-order valence-corrected chi connectivity index (χ0v) is 13.8. The first kappa shape index (κ1) is 15.2. The van der Waals surface area contributed by atoms with Gasteiger partial charge in [-0.3, -0.25) is 11.3 Å². The third-order valence-electron chi connectivity index (χ3n) is 3.86. The van der Waals surface area contributed by atoms with Crippen molar-refractivity contribution in [2.75, 3.05) is 12.9 Å². The normalized spacial score (nSPS) is 24.4. The standard InChI is InChI=1S/C14H21BrN2OS/c1-14(6-3-7-19-14)13(17-16)9-10-8-11(18-2)4-5-12(10)15/h4-5,8,13,17H,3,6-7,9,16H2,1-2H3. The van der Waals surface area contributed by atoms with Gasteiger partial charge in [0, 0.05) is 15.3 Å².